The lowest BCUT2D eigenvalue weighted by atomic mass is 10.0. The molecule has 0 aromatic heterocycles. The molecule has 0 bridgehead atoms. The first kappa shape index (κ1) is 33.2. The Balaban J connectivity index is 0. The van der Waals surface area contributed by atoms with Crippen molar-refractivity contribution in [2.45, 2.75) is 148 Å². The lowest BCUT2D eigenvalue weighted by Crippen LogP contribution is -3.00. The number of hydrogen-bond donors (Lipinski definition) is 0. The van der Waals surface area contributed by atoms with Crippen LogP contribution >= 0.6 is 0 Å². The normalized spacial score (nSPS) is 11.5. The second-order valence-corrected chi connectivity index (χ2v) is 10.5. The molecule has 31 heavy (non-hydrogen) atoms. The summed E-state index contributed by atoms with van der Waals surface area (Å²) in [5.74, 6) is 0. The van der Waals surface area contributed by atoms with Crippen molar-refractivity contribution in [3.05, 3.63) is 12.7 Å². The fourth-order valence-electron chi connectivity index (χ4n) is 4.56. The fourth-order valence-corrected chi connectivity index (χ4v) is 4.56. The van der Waals surface area contributed by atoms with Gasteiger partial charge in [0.15, 0.2) is 0 Å². The van der Waals surface area contributed by atoms with Gasteiger partial charge in [-0.1, -0.05) is 116 Å². The molecular weight excluding hydrogens is 398 g/mol. The molecule has 0 saturated carbocycles. The summed E-state index contributed by atoms with van der Waals surface area (Å²) in [6.07, 6.45) is 33.5. The number of rotatable bonds is 25. The Bertz CT molecular complexity index is 340. The third-order valence-electron chi connectivity index (χ3n) is 6.79. The van der Waals surface area contributed by atoms with Gasteiger partial charge in [-0.3, -0.25) is 0 Å². The summed E-state index contributed by atoms with van der Waals surface area (Å²) in [5.41, 5.74) is 0. The highest BCUT2D eigenvalue weighted by Gasteiger charge is 2.13. The zero-order valence-electron chi connectivity index (χ0n) is 22.1. The Morgan fingerprint density at radius 2 is 0.774 bits per heavy atom. The van der Waals surface area contributed by atoms with E-state index in [-0.39, 0.29) is 12.4 Å². The van der Waals surface area contributed by atoms with Crippen molar-refractivity contribution in [2.24, 2.45) is 0 Å². The summed E-state index contributed by atoms with van der Waals surface area (Å²) < 4.78 is 1.24. The monoisotopic (exact) mass is 457 g/mol. The summed E-state index contributed by atoms with van der Waals surface area (Å²) in [6.45, 7) is 8.85. The van der Waals surface area contributed by atoms with Gasteiger partial charge in [0.2, 0.25) is 0 Å². The van der Waals surface area contributed by atoms with E-state index in [0.29, 0.717) is 0 Å². The van der Waals surface area contributed by atoms with Crippen LogP contribution in [0.4, 0.5) is 0 Å². The van der Waals surface area contributed by atoms with E-state index < -0.39 is 0 Å². The van der Waals surface area contributed by atoms with E-state index in [1.165, 1.54) is 159 Å². The fraction of sp³-hybridized carbons (Fsp3) is 0.931. The van der Waals surface area contributed by atoms with E-state index in [4.69, 9.17) is 0 Å². The molecule has 0 aliphatic rings. The van der Waals surface area contributed by atoms with Gasteiger partial charge >= 0.3 is 0 Å². The Morgan fingerprint density at radius 1 is 0.484 bits per heavy atom. The van der Waals surface area contributed by atoms with Crippen LogP contribution in [0.2, 0.25) is 0 Å². The van der Waals surface area contributed by atoms with Crippen molar-refractivity contribution in [3.63, 3.8) is 0 Å². The molecule has 0 unspecified atom stereocenters. The minimum absolute atomic E-state index is 0. The average molecular weight is 458 g/mol. The summed E-state index contributed by atoms with van der Waals surface area (Å²) in [7, 11) is 4.89. The number of unbranched alkanes of at least 4 members (excludes halogenated alkanes) is 20. The predicted octanol–water partition coefficient (Wildman–Crippen LogP) is 6.85. The van der Waals surface area contributed by atoms with Crippen LogP contribution in [0.1, 0.15) is 148 Å². The van der Waals surface area contributed by atoms with E-state index in [1.807, 2.05) is 0 Å². The van der Waals surface area contributed by atoms with Crippen LogP contribution in [-0.4, -0.2) is 31.7 Å². The van der Waals surface area contributed by atoms with Crippen molar-refractivity contribution < 1.29 is 16.9 Å². The third kappa shape index (κ3) is 28.0. The Kier molecular flexibility index (Phi) is 28.1. The highest BCUT2D eigenvalue weighted by atomic mass is 35.5. The van der Waals surface area contributed by atoms with Crippen LogP contribution in [-0.2, 0) is 0 Å². The molecule has 0 fully saturated rings. The smallest absolute Gasteiger partial charge is 0.0782 e. The maximum absolute atomic E-state index is 3.80. The van der Waals surface area contributed by atoms with Gasteiger partial charge in [0.1, 0.15) is 0 Å². The minimum atomic E-state index is 0. The molecular formula is C29H60ClN. The second kappa shape index (κ2) is 26.2. The summed E-state index contributed by atoms with van der Waals surface area (Å²) in [4.78, 5) is 0. The van der Waals surface area contributed by atoms with Crippen molar-refractivity contribution in [1.82, 2.24) is 0 Å². The molecule has 2 heteroatoms. The molecule has 0 rings (SSSR count). The Labute approximate surface area is 204 Å². The SMILES string of the molecule is C=CCCCCCCCCCCCCC[N+](C)(C)CCCCCCCCCCCC.[Cl-]. The van der Waals surface area contributed by atoms with Crippen molar-refractivity contribution in [2.75, 3.05) is 27.2 Å². The lowest BCUT2D eigenvalue weighted by molar-refractivity contribution is -0.890. The molecule has 0 atom stereocenters. The number of allylic oxidation sites excluding steroid dienone is 1. The highest BCUT2D eigenvalue weighted by Crippen LogP contribution is 2.14. The van der Waals surface area contributed by atoms with E-state index in [1.54, 1.807) is 0 Å². The predicted molar refractivity (Wildman–Crippen MR) is 139 cm³/mol. The minimum Gasteiger partial charge on any atom is -1.00 e. The molecule has 0 N–H and O–H groups in total. The van der Waals surface area contributed by atoms with Crippen molar-refractivity contribution in [1.29, 1.82) is 0 Å². The van der Waals surface area contributed by atoms with Gasteiger partial charge in [-0.15, -0.1) is 6.58 Å². The first-order chi connectivity index (χ1) is 14.6. The maximum atomic E-state index is 3.80. The first-order valence-electron chi connectivity index (χ1n) is 14.1. The van der Waals surface area contributed by atoms with E-state index in [2.05, 4.69) is 33.7 Å². The van der Waals surface area contributed by atoms with Crippen molar-refractivity contribution in [3.8, 4) is 0 Å². The quantitative estimate of drug-likeness (QED) is 0.0797. The highest BCUT2D eigenvalue weighted by molar-refractivity contribution is 4.65. The van der Waals surface area contributed by atoms with E-state index >= 15 is 0 Å². The van der Waals surface area contributed by atoms with Crippen LogP contribution in [0.25, 0.3) is 0 Å². The Hall–Kier alpha value is -0.0100. The summed E-state index contributed by atoms with van der Waals surface area (Å²) >= 11 is 0. The number of hydrogen-bond acceptors (Lipinski definition) is 0. The summed E-state index contributed by atoms with van der Waals surface area (Å²) in [5, 5.41) is 0. The molecule has 0 aliphatic carbocycles. The molecule has 0 spiro atoms. The number of halogens is 1. The second-order valence-electron chi connectivity index (χ2n) is 10.5. The molecule has 0 amide bonds. The zero-order valence-corrected chi connectivity index (χ0v) is 22.8. The van der Waals surface area contributed by atoms with Gasteiger partial charge < -0.3 is 16.9 Å². The van der Waals surface area contributed by atoms with Crippen molar-refractivity contribution >= 4 is 0 Å². The van der Waals surface area contributed by atoms with Crippen LogP contribution in [0.5, 0.6) is 0 Å². The molecule has 0 aromatic rings. The number of quaternary nitrogens is 1. The topological polar surface area (TPSA) is 0 Å². The average Bonchev–Trinajstić information content (AvgIpc) is 2.72. The number of nitrogens with zero attached hydrogens (tertiary/aromatic N) is 1. The van der Waals surface area contributed by atoms with E-state index in [9.17, 15) is 0 Å². The van der Waals surface area contributed by atoms with Gasteiger partial charge in [0, 0.05) is 0 Å². The maximum Gasteiger partial charge on any atom is 0.0782 e. The zero-order chi connectivity index (χ0) is 22.2. The van der Waals surface area contributed by atoms with Gasteiger partial charge in [-0.25, -0.2) is 0 Å². The van der Waals surface area contributed by atoms with Crippen LogP contribution in [0.15, 0.2) is 12.7 Å². The third-order valence-corrected chi connectivity index (χ3v) is 6.79. The van der Waals surface area contributed by atoms with Gasteiger partial charge in [0.25, 0.3) is 0 Å². The van der Waals surface area contributed by atoms with E-state index in [0.717, 1.165) is 0 Å². The lowest BCUT2D eigenvalue weighted by Gasteiger charge is -2.30. The molecule has 0 aliphatic heterocycles. The van der Waals surface area contributed by atoms with Gasteiger partial charge in [-0.2, -0.15) is 0 Å². The summed E-state index contributed by atoms with van der Waals surface area (Å²) in [6, 6.07) is 0. The van der Waals surface area contributed by atoms with Crippen LogP contribution in [0, 0.1) is 0 Å². The molecule has 0 aromatic carbocycles. The molecule has 0 heterocycles. The molecule has 1 nitrogen and oxygen atoms in total. The molecule has 188 valence electrons. The van der Waals surface area contributed by atoms with Gasteiger partial charge in [-0.05, 0) is 38.5 Å². The standard InChI is InChI=1S/C29H60N.ClH/c1-5-7-9-11-13-15-17-18-19-21-23-25-27-29-30(3,4)28-26-24-22-20-16-14-12-10-8-6-2;/h5H,1,6-29H2,2-4H3;1H/q+1;/p-1. The first-order valence-corrected chi connectivity index (χ1v) is 14.1. The van der Waals surface area contributed by atoms with Gasteiger partial charge in [0.05, 0.1) is 27.2 Å². The van der Waals surface area contributed by atoms with Crippen LogP contribution in [0.3, 0.4) is 0 Å². The largest absolute Gasteiger partial charge is 1.00 e. The Morgan fingerprint density at radius 3 is 1.10 bits per heavy atom. The molecule has 0 radical (unpaired) electrons. The molecule has 0 saturated heterocycles. The van der Waals surface area contributed by atoms with Crippen LogP contribution < -0.4 is 12.4 Å².